The number of rotatable bonds is 6. The quantitative estimate of drug-likeness (QED) is 0.440. The molecule has 3 aromatic rings. The van der Waals surface area contributed by atoms with Gasteiger partial charge in [0, 0.05) is 37.0 Å². The summed E-state index contributed by atoms with van der Waals surface area (Å²) in [5, 5.41) is 13.0. The van der Waals surface area contributed by atoms with Crippen molar-refractivity contribution in [3.8, 4) is 17.1 Å². The van der Waals surface area contributed by atoms with Crippen LogP contribution in [-0.4, -0.2) is 57.8 Å². The Morgan fingerprint density at radius 2 is 1.88 bits per heavy atom. The topological polar surface area (TPSA) is 149 Å². The number of amides is 3. The molecule has 11 nitrogen and oxygen atoms in total. The molecule has 0 atom stereocenters. The Morgan fingerprint density at radius 3 is 2.58 bits per heavy atom. The predicted molar refractivity (Wildman–Crippen MR) is 123 cm³/mol. The first-order valence-electron chi connectivity index (χ1n) is 10.9. The maximum Gasteiger partial charge on any atom is 0.314 e. The zero-order chi connectivity index (χ0) is 23.4. The van der Waals surface area contributed by atoms with Crippen LogP contribution in [0, 0.1) is 0 Å². The summed E-state index contributed by atoms with van der Waals surface area (Å²) in [6.45, 7) is 0. The van der Waals surface area contributed by atoms with Crippen molar-refractivity contribution in [2.45, 2.75) is 44.2 Å². The van der Waals surface area contributed by atoms with E-state index in [1.54, 1.807) is 30.9 Å². The minimum absolute atomic E-state index is 0.0756. The van der Waals surface area contributed by atoms with Crippen LogP contribution in [0.25, 0.3) is 16.8 Å². The van der Waals surface area contributed by atoms with E-state index in [-0.39, 0.29) is 30.4 Å². The standard InChI is InChI=1S/C22H28N8O3/c1-24-22(32)29-16-5-3-15(4-6-16)28-18(31)10-14-9-17(13-7-8-25-19(11-13)33-2)30-20(14)21(23)26-12-27-30/h7-9,11-12,15-16H,3-6,10H2,1-2H3,(H,28,31)(H2,23,26,27)(H2,24,29,32). The highest BCUT2D eigenvalue weighted by Crippen LogP contribution is 2.29. The SMILES string of the molecule is CNC(=O)NC1CCC(NC(=O)Cc2cc(-c3ccnc(OC)c3)n3ncnc(N)c23)CC1. The summed E-state index contributed by atoms with van der Waals surface area (Å²) < 4.78 is 6.92. The molecule has 0 spiro atoms. The Labute approximate surface area is 191 Å². The molecule has 3 aromatic heterocycles. The number of aromatic nitrogens is 4. The summed E-state index contributed by atoms with van der Waals surface area (Å²) in [5.41, 5.74) is 9.10. The minimum Gasteiger partial charge on any atom is -0.481 e. The van der Waals surface area contributed by atoms with Crippen LogP contribution >= 0.6 is 0 Å². The van der Waals surface area contributed by atoms with Crippen molar-refractivity contribution < 1.29 is 14.3 Å². The highest BCUT2D eigenvalue weighted by Gasteiger charge is 2.24. The summed E-state index contributed by atoms with van der Waals surface area (Å²) >= 11 is 0. The fourth-order valence-electron chi connectivity index (χ4n) is 4.26. The van der Waals surface area contributed by atoms with Gasteiger partial charge < -0.3 is 26.4 Å². The third-order valence-corrected chi connectivity index (χ3v) is 5.91. The molecule has 1 aliphatic rings. The number of pyridine rings is 1. The monoisotopic (exact) mass is 452 g/mol. The van der Waals surface area contributed by atoms with Gasteiger partial charge in [0.05, 0.1) is 19.2 Å². The van der Waals surface area contributed by atoms with Crippen LogP contribution in [0.1, 0.15) is 31.2 Å². The van der Waals surface area contributed by atoms with Gasteiger partial charge in [-0.1, -0.05) is 0 Å². The summed E-state index contributed by atoms with van der Waals surface area (Å²) in [6, 6.07) is 5.58. The Bertz CT molecular complexity index is 1150. The van der Waals surface area contributed by atoms with E-state index in [2.05, 4.69) is 31.0 Å². The lowest BCUT2D eigenvalue weighted by Gasteiger charge is -2.29. The number of urea groups is 1. The molecule has 5 N–H and O–H groups in total. The van der Waals surface area contributed by atoms with Crippen LogP contribution in [-0.2, 0) is 11.2 Å². The molecule has 174 valence electrons. The van der Waals surface area contributed by atoms with Crippen LogP contribution in [0.2, 0.25) is 0 Å². The van der Waals surface area contributed by atoms with Gasteiger partial charge in [-0.2, -0.15) is 5.10 Å². The second kappa shape index (κ2) is 9.72. The largest absolute Gasteiger partial charge is 0.481 e. The molecule has 1 aliphatic carbocycles. The number of carbonyl (C=O) groups excluding carboxylic acids is 2. The van der Waals surface area contributed by atoms with Gasteiger partial charge in [-0.05, 0) is 43.4 Å². The normalized spacial score (nSPS) is 18.0. The van der Waals surface area contributed by atoms with Gasteiger partial charge in [0.15, 0.2) is 5.82 Å². The van der Waals surface area contributed by atoms with Gasteiger partial charge in [0.25, 0.3) is 0 Å². The fourth-order valence-corrected chi connectivity index (χ4v) is 4.26. The van der Waals surface area contributed by atoms with Crippen molar-refractivity contribution in [2.24, 2.45) is 0 Å². The van der Waals surface area contributed by atoms with Crippen molar-refractivity contribution in [2.75, 3.05) is 19.9 Å². The maximum atomic E-state index is 12.9. The third-order valence-electron chi connectivity index (χ3n) is 5.91. The van der Waals surface area contributed by atoms with E-state index in [1.165, 1.54) is 6.33 Å². The number of carbonyl (C=O) groups is 2. The average molecular weight is 453 g/mol. The highest BCUT2D eigenvalue weighted by molar-refractivity contribution is 5.86. The number of anilines is 1. The zero-order valence-electron chi connectivity index (χ0n) is 18.7. The van der Waals surface area contributed by atoms with E-state index in [9.17, 15) is 9.59 Å². The van der Waals surface area contributed by atoms with E-state index in [4.69, 9.17) is 10.5 Å². The number of hydrogen-bond donors (Lipinski definition) is 4. The summed E-state index contributed by atoms with van der Waals surface area (Å²) in [4.78, 5) is 32.6. The lowest BCUT2D eigenvalue weighted by molar-refractivity contribution is -0.121. The van der Waals surface area contributed by atoms with Crippen molar-refractivity contribution in [1.82, 2.24) is 35.5 Å². The van der Waals surface area contributed by atoms with Crippen molar-refractivity contribution in [3.63, 3.8) is 0 Å². The van der Waals surface area contributed by atoms with Gasteiger partial charge in [0.2, 0.25) is 11.8 Å². The van der Waals surface area contributed by atoms with E-state index >= 15 is 0 Å². The molecular weight excluding hydrogens is 424 g/mol. The third kappa shape index (κ3) is 4.97. The van der Waals surface area contributed by atoms with Gasteiger partial charge in [0.1, 0.15) is 11.8 Å². The molecule has 4 rings (SSSR count). The Morgan fingerprint density at radius 1 is 1.15 bits per heavy atom. The number of fused-ring (bicyclic) bond motifs is 1. The number of methoxy groups -OCH3 is 1. The Hall–Kier alpha value is -3.89. The molecule has 33 heavy (non-hydrogen) atoms. The molecule has 1 fully saturated rings. The number of ether oxygens (including phenoxy) is 1. The number of nitrogen functional groups attached to an aromatic ring is 1. The van der Waals surface area contributed by atoms with Gasteiger partial charge >= 0.3 is 6.03 Å². The molecule has 0 bridgehead atoms. The van der Waals surface area contributed by atoms with Crippen LogP contribution in [0.15, 0.2) is 30.7 Å². The van der Waals surface area contributed by atoms with Crippen molar-refractivity contribution in [3.05, 3.63) is 36.3 Å². The van der Waals surface area contributed by atoms with E-state index < -0.39 is 0 Å². The van der Waals surface area contributed by atoms with Crippen LogP contribution in [0.4, 0.5) is 10.6 Å². The molecular formula is C22H28N8O3. The predicted octanol–water partition coefficient (Wildman–Crippen LogP) is 1.28. The first kappa shape index (κ1) is 22.3. The average Bonchev–Trinajstić information content (AvgIpc) is 3.19. The maximum absolute atomic E-state index is 12.9. The van der Waals surface area contributed by atoms with Crippen molar-refractivity contribution >= 4 is 23.3 Å². The molecule has 11 heteroatoms. The van der Waals surface area contributed by atoms with Crippen LogP contribution in [0.5, 0.6) is 5.88 Å². The summed E-state index contributed by atoms with van der Waals surface area (Å²) in [6.07, 6.45) is 6.46. The van der Waals surface area contributed by atoms with Gasteiger partial charge in [-0.25, -0.2) is 19.3 Å². The summed E-state index contributed by atoms with van der Waals surface area (Å²) in [5.74, 6) is 0.693. The molecule has 3 amide bonds. The number of nitrogens with zero attached hydrogens (tertiary/aromatic N) is 4. The number of nitrogens with two attached hydrogens (primary N) is 1. The van der Waals surface area contributed by atoms with Crippen LogP contribution < -0.4 is 26.4 Å². The first-order valence-corrected chi connectivity index (χ1v) is 10.9. The van der Waals surface area contributed by atoms with Crippen LogP contribution in [0.3, 0.4) is 0 Å². The van der Waals surface area contributed by atoms with E-state index in [0.717, 1.165) is 42.5 Å². The van der Waals surface area contributed by atoms with E-state index in [0.29, 0.717) is 17.2 Å². The molecule has 0 unspecified atom stereocenters. The Balaban J connectivity index is 1.49. The molecule has 0 aliphatic heterocycles. The minimum atomic E-state index is -0.175. The van der Waals surface area contributed by atoms with E-state index in [1.807, 2.05) is 12.1 Å². The second-order valence-corrected chi connectivity index (χ2v) is 8.06. The lowest BCUT2D eigenvalue weighted by atomic mass is 9.91. The smallest absolute Gasteiger partial charge is 0.314 e. The molecule has 0 aromatic carbocycles. The fraction of sp³-hybridized carbons (Fsp3) is 0.409. The highest BCUT2D eigenvalue weighted by atomic mass is 16.5. The summed E-state index contributed by atoms with van der Waals surface area (Å²) in [7, 11) is 3.15. The molecule has 3 heterocycles. The Kier molecular flexibility index (Phi) is 6.57. The number of hydrogen-bond acceptors (Lipinski definition) is 7. The van der Waals surface area contributed by atoms with Crippen molar-refractivity contribution in [1.29, 1.82) is 0 Å². The second-order valence-electron chi connectivity index (χ2n) is 8.06. The zero-order valence-corrected chi connectivity index (χ0v) is 18.7. The molecule has 0 saturated heterocycles. The molecule has 0 radical (unpaired) electrons. The lowest BCUT2D eigenvalue weighted by Crippen LogP contribution is -2.46. The number of nitrogens with one attached hydrogen (secondary N) is 3. The molecule has 1 saturated carbocycles. The van der Waals surface area contributed by atoms with Gasteiger partial charge in [-0.15, -0.1) is 0 Å². The first-order chi connectivity index (χ1) is 16.0. The van der Waals surface area contributed by atoms with Gasteiger partial charge in [-0.3, -0.25) is 4.79 Å².